The summed E-state index contributed by atoms with van der Waals surface area (Å²) < 4.78 is 5.51. The van der Waals surface area contributed by atoms with E-state index in [0.717, 1.165) is 18.0 Å². The fourth-order valence-electron chi connectivity index (χ4n) is 2.33. The van der Waals surface area contributed by atoms with Crippen molar-refractivity contribution in [3.63, 3.8) is 0 Å². The number of nitrogens with one attached hydrogen (secondary N) is 1. The molecule has 1 aliphatic carbocycles. The van der Waals surface area contributed by atoms with Gasteiger partial charge in [0.15, 0.2) is 5.96 Å². The maximum absolute atomic E-state index is 6.03. The number of halogens is 1. The minimum Gasteiger partial charge on any atom is -0.495 e. The van der Waals surface area contributed by atoms with Gasteiger partial charge in [-0.3, -0.25) is 4.99 Å². The van der Waals surface area contributed by atoms with E-state index in [1.165, 1.54) is 17.7 Å². The Labute approximate surface area is 164 Å². The van der Waals surface area contributed by atoms with Crippen LogP contribution in [0.2, 0.25) is 0 Å². The zero-order chi connectivity index (χ0) is 16.1. The number of thioether (sulfide) groups is 1. The van der Waals surface area contributed by atoms with Crippen LogP contribution in [0.15, 0.2) is 64.5 Å². The Morgan fingerprint density at radius 2 is 1.83 bits per heavy atom. The van der Waals surface area contributed by atoms with Crippen LogP contribution in [0.5, 0.6) is 5.75 Å². The molecule has 0 radical (unpaired) electrons. The molecule has 0 amide bonds. The van der Waals surface area contributed by atoms with Crippen molar-refractivity contribution in [1.29, 1.82) is 0 Å². The van der Waals surface area contributed by atoms with E-state index in [4.69, 9.17) is 10.5 Å². The summed E-state index contributed by atoms with van der Waals surface area (Å²) in [4.78, 5) is 5.82. The predicted molar refractivity (Wildman–Crippen MR) is 113 cm³/mol. The van der Waals surface area contributed by atoms with Gasteiger partial charge in [0.25, 0.3) is 0 Å². The van der Waals surface area contributed by atoms with E-state index >= 15 is 0 Å². The van der Waals surface area contributed by atoms with Gasteiger partial charge in [-0.15, -0.1) is 35.7 Å². The SMILES string of the molecule is COc1ccccc1NC(N)=NCC1(Sc2ccccc2)CC1.I. The van der Waals surface area contributed by atoms with Crippen LogP contribution in [-0.4, -0.2) is 24.4 Å². The summed E-state index contributed by atoms with van der Waals surface area (Å²) in [6.07, 6.45) is 2.36. The van der Waals surface area contributed by atoms with Crippen LogP contribution in [0.25, 0.3) is 0 Å². The topological polar surface area (TPSA) is 59.6 Å². The second kappa shape index (κ2) is 8.62. The number of ether oxygens (including phenoxy) is 1. The molecule has 0 heterocycles. The number of hydrogen-bond acceptors (Lipinski definition) is 3. The van der Waals surface area contributed by atoms with E-state index in [9.17, 15) is 0 Å². The minimum atomic E-state index is 0. The summed E-state index contributed by atoms with van der Waals surface area (Å²) in [5, 5.41) is 3.12. The largest absolute Gasteiger partial charge is 0.495 e. The smallest absolute Gasteiger partial charge is 0.193 e. The molecule has 2 aromatic rings. The highest BCUT2D eigenvalue weighted by Gasteiger charge is 2.43. The van der Waals surface area contributed by atoms with Crippen molar-refractivity contribution in [1.82, 2.24) is 0 Å². The lowest BCUT2D eigenvalue weighted by atomic mass is 10.3. The lowest BCUT2D eigenvalue weighted by Crippen LogP contribution is -2.24. The highest BCUT2D eigenvalue weighted by molar-refractivity contribution is 14.0. The molecule has 0 unspecified atom stereocenters. The van der Waals surface area contributed by atoms with Gasteiger partial charge in [-0.05, 0) is 37.1 Å². The Morgan fingerprint density at radius 3 is 2.50 bits per heavy atom. The van der Waals surface area contributed by atoms with E-state index in [0.29, 0.717) is 5.96 Å². The molecule has 0 aliphatic heterocycles. The molecule has 0 bridgehead atoms. The molecule has 1 aliphatic rings. The number of nitrogens with zero attached hydrogens (tertiary/aromatic N) is 1. The molecule has 6 heteroatoms. The second-order valence-electron chi connectivity index (χ2n) is 5.62. The first-order valence-corrected chi connectivity index (χ1v) is 8.46. The summed E-state index contributed by atoms with van der Waals surface area (Å²) in [5.74, 6) is 1.18. The first kappa shape index (κ1) is 18.9. The molecular weight excluding hydrogens is 433 g/mol. The fourth-order valence-corrected chi connectivity index (χ4v) is 3.55. The minimum absolute atomic E-state index is 0. The Hall–Kier alpha value is -1.41. The molecule has 1 saturated carbocycles. The van der Waals surface area contributed by atoms with Crippen molar-refractivity contribution in [3.05, 3.63) is 54.6 Å². The van der Waals surface area contributed by atoms with Crippen LogP contribution in [0.4, 0.5) is 5.69 Å². The Balaban J connectivity index is 0.00000208. The Kier molecular flexibility index (Phi) is 6.79. The third-order valence-corrected chi connectivity index (χ3v) is 5.27. The van der Waals surface area contributed by atoms with Gasteiger partial charge in [0.1, 0.15) is 5.75 Å². The maximum Gasteiger partial charge on any atom is 0.193 e. The standard InChI is InChI=1S/C18H21N3OS.HI/c1-22-16-10-6-5-9-15(16)21-17(19)20-13-18(11-12-18)23-14-7-3-2-4-8-14;/h2-10H,11-13H2,1H3,(H3,19,20,21);1H. The van der Waals surface area contributed by atoms with Gasteiger partial charge in [-0.1, -0.05) is 30.3 Å². The second-order valence-corrected chi connectivity index (χ2v) is 7.17. The molecule has 0 saturated heterocycles. The summed E-state index contributed by atoms with van der Waals surface area (Å²) >= 11 is 1.90. The average Bonchev–Trinajstić information content (AvgIpc) is 3.34. The Bertz CT molecular complexity index is 690. The van der Waals surface area contributed by atoms with Crippen molar-refractivity contribution in [2.75, 3.05) is 19.0 Å². The first-order chi connectivity index (χ1) is 11.2. The number of methoxy groups -OCH3 is 1. The highest BCUT2D eigenvalue weighted by atomic mass is 127. The number of guanidine groups is 1. The molecule has 3 rings (SSSR count). The van der Waals surface area contributed by atoms with Crippen LogP contribution in [0.1, 0.15) is 12.8 Å². The summed E-state index contributed by atoms with van der Waals surface area (Å²) in [5.41, 5.74) is 6.86. The van der Waals surface area contributed by atoms with Gasteiger partial charge in [-0.2, -0.15) is 0 Å². The van der Waals surface area contributed by atoms with Crippen LogP contribution >= 0.6 is 35.7 Å². The fraction of sp³-hybridized carbons (Fsp3) is 0.278. The van der Waals surface area contributed by atoms with Crippen LogP contribution in [-0.2, 0) is 0 Å². The monoisotopic (exact) mass is 455 g/mol. The number of nitrogens with two attached hydrogens (primary N) is 1. The summed E-state index contributed by atoms with van der Waals surface area (Å²) in [6.45, 7) is 0.723. The molecule has 0 spiro atoms. The number of anilines is 1. The van der Waals surface area contributed by atoms with Crippen LogP contribution in [0.3, 0.4) is 0 Å². The Morgan fingerprint density at radius 1 is 1.17 bits per heavy atom. The van der Waals surface area contributed by atoms with Crippen LogP contribution < -0.4 is 15.8 Å². The van der Waals surface area contributed by atoms with Gasteiger partial charge in [-0.25, -0.2) is 0 Å². The molecule has 0 atom stereocenters. The number of rotatable bonds is 6. The zero-order valence-corrected chi connectivity index (χ0v) is 16.7. The van der Waals surface area contributed by atoms with E-state index < -0.39 is 0 Å². The van der Waals surface area contributed by atoms with Crippen molar-refractivity contribution in [2.24, 2.45) is 10.7 Å². The molecule has 24 heavy (non-hydrogen) atoms. The van der Waals surface area contributed by atoms with Crippen molar-refractivity contribution in [3.8, 4) is 5.75 Å². The number of hydrogen-bond donors (Lipinski definition) is 2. The van der Waals surface area contributed by atoms with Gasteiger partial charge >= 0.3 is 0 Å². The van der Waals surface area contributed by atoms with Crippen molar-refractivity contribution < 1.29 is 4.74 Å². The number of benzene rings is 2. The molecule has 128 valence electrons. The molecule has 2 aromatic carbocycles. The van der Waals surface area contributed by atoms with Crippen molar-refractivity contribution >= 4 is 47.4 Å². The summed E-state index contributed by atoms with van der Waals surface area (Å²) in [7, 11) is 1.64. The summed E-state index contributed by atoms with van der Waals surface area (Å²) in [6, 6.07) is 18.1. The van der Waals surface area contributed by atoms with Gasteiger partial charge in [0, 0.05) is 9.64 Å². The third kappa shape index (κ3) is 5.04. The molecule has 4 nitrogen and oxygen atoms in total. The average molecular weight is 455 g/mol. The van der Waals surface area contributed by atoms with E-state index in [1.807, 2.05) is 42.1 Å². The first-order valence-electron chi connectivity index (χ1n) is 7.65. The lowest BCUT2D eigenvalue weighted by Gasteiger charge is -2.14. The third-order valence-electron chi connectivity index (χ3n) is 3.79. The number of para-hydroxylation sites is 2. The molecule has 3 N–H and O–H groups in total. The predicted octanol–water partition coefficient (Wildman–Crippen LogP) is 4.36. The van der Waals surface area contributed by atoms with Crippen molar-refractivity contribution in [2.45, 2.75) is 22.5 Å². The van der Waals surface area contributed by atoms with Gasteiger partial charge < -0.3 is 15.8 Å². The quantitative estimate of drug-likeness (QED) is 0.386. The van der Waals surface area contributed by atoms with E-state index in [1.54, 1.807) is 7.11 Å². The van der Waals surface area contributed by atoms with Gasteiger partial charge in [0.2, 0.25) is 0 Å². The number of aliphatic imine (C=N–C) groups is 1. The molecular formula is C18H22IN3OS. The lowest BCUT2D eigenvalue weighted by molar-refractivity contribution is 0.417. The van der Waals surface area contributed by atoms with E-state index in [-0.39, 0.29) is 28.7 Å². The normalized spacial score (nSPS) is 15.3. The maximum atomic E-state index is 6.03. The highest BCUT2D eigenvalue weighted by Crippen LogP contribution is 2.51. The zero-order valence-electron chi connectivity index (χ0n) is 13.6. The molecule has 1 fully saturated rings. The van der Waals surface area contributed by atoms with Gasteiger partial charge in [0.05, 0.1) is 19.3 Å². The van der Waals surface area contributed by atoms with Crippen LogP contribution in [0, 0.1) is 0 Å². The van der Waals surface area contributed by atoms with E-state index in [2.05, 4.69) is 34.6 Å². The molecule has 0 aromatic heterocycles.